The molecule has 11 heteroatoms. The number of halogens is 5. The van der Waals surface area contributed by atoms with Gasteiger partial charge in [0.2, 0.25) is 5.88 Å². The molecular weight excluding hydrogens is 569 g/mol. The standard InChI is InChI=1S/C25H11Cl4FN2O3S/c26-10-6-15(28)21-18(7-10)36-23(22(21)29)25(33)34-11-4-5-12-17(8-11)35-24(32)13(9-31)19(12)20-14(27)2-1-3-16(20)30/h1-8,19H,32H2. The number of esters is 1. The van der Waals surface area contributed by atoms with Crippen molar-refractivity contribution >= 4 is 73.8 Å². The number of nitrogens with two attached hydrogens (primary N) is 1. The van der Waals surface area contributed by atoms with Gasteiger partial charge in [-0.25, -0.2) is 9.18 Å². The number of allylic oxidation sites excluding steroid dienone is 1. The molecule has 4 aromatic rings. The predicted octanol–water partition coefficient (Wildman–Crippen LogP) is 8.09. The number of hydrogen-bond acceptors (Lipinski definition) is 6. The van der Waals surface area contributed by atoms with Gasteiger partial charge < -0.3 is 15.2 Å². The van der Waals surface area contributed by atoms with E-state index in [9.17, 15) is 14.4 Å². The molecule has 1 aromatic heterocycles. The monoisotopic (exact) mass is 578 g/mol. The van der Waals surface area contributed by atoms with Gasteiger partial charge in [-0.1, -0.05) is 58.5 Å². The lowest BCUT2D eigenvalue weighted by Gasteiger charge is -2.27. The third-order valence-corrected chi connectivity index (χ3v) is 7.98. The Kier molecular flexibility index (Phi) is 6.50. The van der Waals surface area contributed by atoms with Crippen LogP contribution in [0.3, 0.4) is 0 Å². The molecule has 1 aliphatic heterocycles. The van der Waals surface area contributed by atoms with Crippen LogP contribution in [0, 0.1) is 17.1 Å². The molecule has 0 aliphatic carbocycles. The first-order valence-corrected chi connectivity index (χ1v) is 12.5. The van der Waals surface area contributed by atoms with Crippen LogP contribution in [0.2, 0.25) is 20.1 Å². The van der Waals surface area contributed by atoms with Gasteiger partial charge in [-0.2, -0.15) is 5.26 Å². The van der Waals surface area contributed by atoms with Crippen molar-refractivity contribution in [2.45, 2.75) is 5.92 Å². The Morgan fingerprint density at radius 3 is 2.61 bits per heavy atom. The molecule has 3 aromatic carbocycles. The fourth-order valence-corrected chi connectivity index (χ4v) is 6.50. The first-order chi connectivity index (χ1) is 17.2. The Labute approximate surface area is 227 Å². The largest absolute Gasteiger partial charge is 0.440 e. The van der Waals surface area contributed by atoms with Crippen molar-refractivity contribution in [3.63, 3.8) is 0 Å². The molecule has 0 radical (unpaired) electrons. The number of ether oxygens (including phenoxy) is 2. The molecule has 36 heavy (non-hydrogen) atoms. The summed E-state index contributed by atoms with van der Waals surface area (Å²) in [7, 11) is 0. The molecule has 1 aliphatic rings. The van der Waals surface area contributed by atoms with Crippen molar-refractivity contribution in [3.05, 3.63) is 102 Å². The van der Waals surface area contributed by atoms with E-state index in [0.29, 0.717) is 25.7 Å². The first-order valence-electron chi connectivity index (χ1n) is 10.1. The molecule has 0 saturated carbocycles. The molecule has 1 unspecified atom stereocenters. The second-order valence-electron chi connectivity index (χ2n) is 7.66. The number of benzene rings is 3. The number of carbonyl (C=O) groups is 1. The molecule has 0 amide bonds. The summed E-state index contributed by atoms with van der Waals surface area (Å²) < 4.78 is 26.6. The van der Waals surface area contributed by atoms with E-state index in [2.05, 4.69) is 0 Å². The fourth-order valence-electron chi connectivity index (χ4n) is 3.98. The molecule has 0 spiro atoms. The quantitative estimate of drug-likeness (QED) is 0.196. The van der Waals surface area contributed by atoms with Gasteiger partial charge >= 0.3 is 5.97 Å². The van der Waals surface area contributed by atoms with E-state index in [4.69, 9.17) is 61.6 Å². The van der Waals surface area contributed by atoms with E-state index in [1.165, 1.54) is 36.4 Å². The van der Waals surface area contributed by atoms with Crippen molar-refractivity contribution in [1.82, 2.24) is 0 Å². The second-order valence-corrected chi connectivity index (χ2v) is 10.3. The number of thiophene rings is 1. The van der Waals surface area contributed by atoms with Gasteiger partial charge in [0.1, 0.15) is 33.8 Å². The van der Waals surface area contributed by atoms with Gasteiger partial charge in [0, 0.05) is 37.3 Å². The molecular formula is C25H11Cl4FN2O3S. The summed E-state index contributed by atoms with van der Waals surface area (Å²) in [4.78, 5) is 13.1. The van der Waals surface area contributed by atoms with Crippen LogP contribution in [0.25, 0.3) is 10.1 Å². The molecule has 5 nitrogen and oxygen atoms in total. The fraction of sp³-hybridized carbons (Fsp3) is 0.0400. The summed E-state index contributed by atoms with van der Waals surface area (Å²) in [6.45, 7) is 0. The van der Waals surface area contributed by atoms with E-state index in [1.54, 1.807) is 12.1 Å². The third kappa shape index (κ3) is 4.15. The van der Waals surface area contributed by atoms with Crippen molar-refractivity contribution in [1.29, 1.82) is 5.26 Å². The molecule has 180 valence electrons. The molecule has 0 saturated heterocycles. The van der Waals surface area contributed by atoms with E-state index < -0.39 is 17.7 Å². The maximum Gasteiger partial charge on any atom is 0.355 e. The van der Waals surface area contributed by atoms with Crippen LogP contribution in [0.1, 0.15) is 26.7 Å². The predicted molar refractivity (Wildman–Crippen MR) is 139 cm³/mol. The van der Waals surface area contributed by atoms with Crippen LogP contribution in [-0.4, -0.2) is 5.97 Å². The lowest BCUT2D eigenvalue weighted by atomic mass is 9.83. The minimum absolute atomic E-state index is 0.00633. The molecule has 0 fully saturated rings. The highest BCUT2D eigenvalue weighted by Gasteiger charge is 2.34. The highest BCUT2D eigenvalue weighted by Crippen LogP contribution is 2.46. The summed E-state index contributed by atoms with van der Waals surface area (Å²) >= 11 is 26.1. The third-order valence-electron chi connectivity index (χ3n) is 5.52. The lowest BCUT2D eigenvalue weighted by molar-refractivity contribution is 0.0740. The SMILES string of the molecule is N#CC1=C(N)Oc2cc(OC(=O)c3sc4cc(Cl)cc(Cl)c4c3Cl)ccc2C1c1c(F)cccc1Cl. The van der Waals surface area contributed by atoms with Crippen LogP contribution in [-0.2, 0) is 0 Å². The van der Waals surface area contributed by atoms with Crippen molar-refractivity contribution in [3.8, 4) is 17.6 Å². The van der Waals surface area contributed by atoms with Gasteiger partial charge in [0.25, 0.3) is 0 Å². The highest BCUT2D eigenvalue weighted by molar-refractivity contribution is 7.21. The summed E-state index contributed by atoms with van der Waals surface area (Å²) in [6.07, 6.45) is 0. The zero-order valence-electron chi connectivity index (χ0n) is 17.7. The smallest absolute Gasteiger partial charge is 0.355 e. The summed E-state index contributed by atoms with van der Waals surface area (Å²) in [6, 6.07) is 13.8. The first kappa shape index (κ1) is 24.7. The Hall–Kier alpha value is -2.99. The molecule has 5 rings (SSSR count). The normalized spacial score (nSPS) is 14.8. The number of fused-ring (bicyclic) bond motifs is 2. The van der Waals surface area contributed by atoms with Crippen molar-refractivity contribution in [2.75, 3.05) is 0 Å². The zero-order valence-corrected chi connectivity index (χ0v) is 21.6. The van der Waals surface area contributed by atoms with E-state index in [1.807, 2.05) is 6.07 Å². The second kappa shape index (κ2) is 9.47. The lowest BCUT2D eigenvalue weighted by Crippen LogP contribution is -2.22. The number of nitrogens with zero attached hydrogens (tertiary/aromatic N) is 1. The highest BCUT2D eigenvalue weighted by atomic mass is 35.5. The number of nitriles is 1. The van der Waals surface area contributed by atoms with Gasteiger partial charge in [-0.3, -0.25) is 0 Å². The summed E-state index contributed by atoms with van der Waals surface area (Å²) in [5, 5.41) is 11.2. The van der Waals surface area contributed by atoms with Crippen LogP contribution in [0.4, 0.5) is 4.39 Å². The average Bonchev–Trinajstić information content (AvgIpc) is 3.15. The van der Waals surface area contributed by atoms with E-state index >= 15 is 0 Å². The van der Waals surface area contributed by atoms with E-state index in [-0.39, 0.29) is 43.4 Å². The maximum atomic E-state index is 14.8. The molecule has 2 heterocycles. The van der Waals surface area contributed by atoms with Gasteiger partial charge in [0.15, 0.2) is 0 Å². The average molecular weight is 580 g/mol. The van der Waals surface area contributed by atoms with Crippen LogP contribution in [0.5, 0.6) is 11.5 Å². The van der Waals surface area contributed by atoms with Gasteiger partial charge in [0.05, 0.1) is 16.0 Å². The summed E-state index contributed by atoms with van der Waals surface area (Å²) in [5.74, 6) is -2.16. The van der Waals surface area contributed by atoms with Crippen LogP contribution >= 0.6 is 57.7 Å². The molecule has 1 atom stereocenters. The van der Waals surface area contributed by atoms with Crippen molar-refractivity contribution in [2.24, 2.45) is 5.73 Å². The molecule has 0 bridgehead atoms. The Bertz CT molecular complexity index is 1640. The van der Waals surface area contributed by atoms with Crippen molar-refractivity contribution < 1.29 is 18.7 Å². The minimum Gasteiger partial charge on any atom is -0.440 e. The number of carbonyl (C=O) groups excluding carboxylic acids is 1. The zero-order chi connectivity index (χ0) is 25.7. The minimum atomic E-state index is -0.916. The summed E-state index contributed by atoms with van der Waals surface area (Å²) in [5.41, 5.74) is 6.50. The Balaban J connectivity index is 1.53. The maximum absolute atomic E-state index is 14.8. The molecule has 2 N–H and O–H groups in total. The Morgan fingerprint density at radius 2 is 1.89 bits per heavy atom. The van der Waals surface area contributed by atoms with Crippen LogP contribution in [0.15, 0.2) is 60.0 Å². The van der Waals surface area contributed by atoms with Gasteiger partial charge in [-0.05, 0) is 30.3 Å². The van der Waals surface area contributed by atoms with Crippen LogP contribution < -0.4 is 15.2 Å². The number of hydrogen-bond donors (Lipinski definition) is 1. The topological polar surface area (TPSA) is 85.3 Å². The van der Waals surface area contributed by atoms with E-state index in [0.717, 1.165) is 11.3 Å². The van der Waals surface area contributed by atoms with Gasteiger partial charge in [-0.15, -0.1) is 11.3 Å². The Morgan fingerprint density at radius 1 is 1.11 bits per heavy atom. The number of rotatable bonds is 3.